The fraction of sp³-hybridized carbons (Fsp3) is 0.120. The van der Waals surface area contributed by atoms with Crippen LogP contribution in [-0.4, -0.2) is 38.4 Å². The van der Waals surface area contributed by atoms with Gasteiger partial charge in [-0.25, -0.2) is 4.79 Å². The van der Waals surface area contributed by atoms with Crippen molar-refractivity contribution in [2.45, 2.75) is 17.5 Å². The van der Waals surface area contributed by atoms with Gasteiger partial charge in [-0.3, -0.25) is 9.52 Å². The number of carbonyl (C=O) groups is 2. The van der Waals surface area contributed by atoms with Crippen molar-refractivity contribution in [3.63, 3.8) is 0 Å². The van der Waals surface area contributed by atoms with Crippen molar-refractivity contribution in [2.24, 2.45) is 0 Å². The summed E-state index contributed by atoms with van der Waals surface area (Å²) in [4.78, 5) is 28.3. The van der Waals surface area contributed by atoms with E-state index in [4.69, 9.17) is 4.74 Å². The molecular weight excluding hydrogens is 454 g/mol. The van der Waals surface area contributed by atoms with Gasteiger partial charge in [0, 0.05) is 17.3 Å². The van der Waals surface area contributed by atoms with Gasteiger partial charge in [0.2, 0.25) is 0 Å². The van der Waals surface area contributed by atoms with E-state index in [1.165, 1.54) is 25.3 Å². The molecule has 8 nitrogen and oxygen atoms in total. The first kappa shape index (κ1) is 23.1. The molecular formula is C25H23N3O5S. The van der Waals surface area contributed by atoms with Crippen LogP contribution in [0.5, 0.6) is 0 Å². The summed E-state index contributed by atoms with van der Waals surface area (Å²) >= 11 is 0. The average molecular weight is 478 g/mol. The zero-order valence-corrected chi connectivity index (χ0v) is 19.1. The number of amides is 1. The van der Waals surface area contributed by atoms with Crippen LogP contribution in [0.25, 0.3) is 10.9 Å². The number of methoxy groups -OCH3 is 1. The maximum absolute atomic E-state index is 13.1. The molecule has 0 aliphatic heterocycles. The number of fused-ring (bicyclic) bond motifs is 1. The van der Waals surface area contributed by atoms with Crippen molar-refractivity contribution in [3.05, 3.63) is 96.1 Å². The highest BCUT2D eigenvalue weighted by Gasteiger charge is 2.25. The predicted octanol–water partition coefficient (Wildman–Crippen LogP) is 3.48. The Balaban J connectivity index is 1.58. The Morgan fingerprint density at radius 1 is 0.941 bits per heavy atom. The van der Waals surface area contributed by atoms with E-state index >= 15 is 0 Å². The Labute approximate surface area is 197 Å². The van der Waals surface area contributed by atoms with Crippen molar-refractivity contribution in [1.82, 2.24) is 10.3 Å². The van der Waals surface area contributed by atoms with Crippen molar-refractivity contribution in [3.8, 4) is 0 Å². The van der Waals surface area contributed by atoms with Gasteiger partial charge in [0.05, 0.1) is 18.4 Å². The second-order valence-electron chi connectivity index (χ2n) is 7.61. The van der Waals surface area contributed by atoms with Gasteiger partial charge in [-0.2, -0.15) is 8.42 Å². The first-order valence-corrected chi connectivity index (χ1v) is 12.0. The largest absolute Gasteiger partial charge is 0.467 e. The second-order valence-corrected chi connectivity index (χ2v) is 9.26. The zero-order chi connectivity index (χ0) is 24.1. The summed E-state index contributed by atoms with van der Waals surface area (Å²) in [5, 5.41) is 3.38. The fourth-order valence-electron chi connectivity index (χ4n) is 3.58. The number of aromatic amines is 1. The van der Waals surface area contributed by atoms with Crippen LogP contribution in [0.1, 0.15) is 15.9 Å². The van der Waals surface area contributed by atoms with Crippen LogP contribution in [0, 0.1) is 0 Å². The lowest BCUT2D eigenvalue weighted by Crippen LogP contribution is -2.43. The van der Waals surface area contributed by atoms with Crippen LogP contribution >= 0.6 is 0 Å². The molecule has 0 aliphatic carbocycles. The molecule has 0 bridgehead atoms. The third-order valence-corrected chi connectivity index (χ3v) is 6.57. The van der Waals surface area contributed by atoms with Crippen LogP contribution in [0.4, 0.5) is 5.69 Å². The van der Waals surface area contributed by atoms with Crippen molar-refractivity contribution in [1.29, 1.82) is 0 Å². The van der Waals surface area contributed by atoms with Crippen LogP contribution in [-0.2, 0) is 26.0 Å². The molecule has 174 valence electrons. The van der Waals surface area contributed by atoms with E-state index in [9.17, 15) is 18.0 Å². The third-order valence-electron chi connectivity index (χ3n) is 5.28. The molecule has 0 spiro atoms. The number of aromatic nitrogens is 1. The van der Waals surface area contributed by atoms with Gasteiger partial charge < -0.3 is 15.0 Å². The molecule has 0 unspecified atom stereocenters. The summed E-state index contributed by atoms with van der Waals surface area (Å²) in [6.07, 6.45) is 0.224. The molecule has 4 aromatic rings. The normalized spacial score (nSPS) is 12.1. The number of ether oxygens (including phenoxy) is 1. The van der Waals surface area contributed by atoms with Gasteiger partial charge in [0.25, 0.3) is 15.9 Å². The predicted molar refractivity (Wildman–Crippen MR) is 129 cm³/mol. The SMILES string of the molecule is COC(=O)[C@H](Cc1ccccc1)NC(=O)c1ccccc1NS(=O)(=O)c1cc2ccccc2[nH]1. The van der Waals surface area contributed by atoms with E-state index in [0.29, 0.717) is 5.52 Å². The topological polar surface area (TPSA) is 117 Å². The number of H-pyrrole nitrogens is 1. The highest BCUT2D eigenvalue weighted by Crippen LogP contribution is 2.23. The second kappa shape index (κ2) is 9.80. The first-order valence-electron chi connectivity index (χ1n) is 10.5. The number of para-hydroxylation sites is 2. The molecule has 0 saturated heterocycles. The summed E-state index contributed by atoms with van der Waals surface area (Å²) in [7, 11) is -2.76. The van der Waals surface area contributed by atoms with Crippen LogP contribution < -0.4 is 10.0 Å². The van der Waals surface area contributed by atoms with E-state index < -0.39 is 27.9 Å². The van der Waals surface area contributed by atoms with Gasteiger partial charge >= 0.3 is 5.97 Å². The maximum atomic E-state index is 13.1. The molecule has 0 fully saturated rings. The van der Waals surface area contributed by atoms with Gasteiger partial charge in [0.1, 0.15) is 6.04 Å². The molecule has 1 aromatic heterocycles. The van der Waals surface area contributed by atoms with Gasteiger partial charge in [0.15, 0.2) is 5.03 Å². The Morgan fingerprint density at radius 2 is 1.62 bits per heavy atom. The highest BCUT2D eigenvalue weighted by molar-refractivity contribution is 7.92. The Morgan fingerprint density at radius 3 is 2.35 bits per heavy atom. The number of hydrogen-bond donors (Lipinski definition) is 3. The molecule has 1 atom stereocenters. The molecule has 3 N–H and O–H groups in total. The molecule has 3 aromatic carbocycles. The van der Waals surface area contributed by atoms with Crippen molar-refractivity contribution in [2.75, 3.05) is 11.8 Å². The summed E-state index contributed by atoms with van der Waals surface area (Å²) in [5.41, 5.74) is 1.67. The van der Waals surface area contributed by atoms with Gasteiger partial charge in [-0.15, -0.1) is 0 Å². The lowest BCUT2D eigenvalue weighted by Gasteiger charge is -2.18. The molecule has 34 heavy (non-hydrogen) atoms. The molecule has 0 radical (unpaired) electrons. The van der Waals surface area contributed by atoms with E-state index in [0.717, 1.165) is 10.9 Å². The van der Waals surface area contributed by atoms with E-state index in [1.54, 1.807) is 30.3 Å². The standard InChI is InChI=1S/C25H23N3O5S/c1-33-25(30)22(15-17-9-3-2-4-10-17)27-24(29)19-12-6-8-14-21(19)28-34(31,32)23-16-18-11-5-7-13-20(18)26-23/h2-14,16,22,26,28H,15H2,1H3,(H,27,29)/t22-/m0/s1. The Hall–Kier alpha value is -4.11. The maximum Gasteiger partial charge on any atom is 0.328 e. The lowest BCUT2D eigenvalue weighted by atomic mass is 10.1. The van der Waals surface area contributed by atoms with Crippen LogP contribution in [0.15, 0.2) is 90.0 Å². The lowest BCUT2D eigenvalue weighted by molar-refractivity contribution is -0.142. The Bertz CT molecular complexity index is 1400. The molecule has 9 heteroatoms. The molecule has 4 rings (SSSR count). The number of rotatable bonds is 8. The number of sulfonamides is 1. The molecule has 1 heterocycles. The third kappa shape index (κ3) is 5.10. The number of benzene rings is 3. The highest BCUT2D eigenvalue weighted by atomic mass is 32.2. The summed E-state index contributed by atoms with van der Waals surface area (Å²) in [6.45, 7) is 0. The van der Waals surface area contributed by atoms with Gasteiger partial charge in [-0.1, -0.05) is 60.7 Å². The minimum absolute atomic E-state index is 0.0274. The van der Waals surface area contributed by atoms with Crippen molar-refractivity contribution < 1.29 is 22.7 Å². The summed E-state index contributed by atoms with van der Waals surface area (Å²) in [6, 6.07) is 23.1. The fourth-order valence-corrected chi connectivity index (χ4v) is 4.69. The molecule has 1 amide bonds. The Kier molecular flexibility index (Phi) is 6.65. The number of esters is 1. The number of nitrogens with one attached hydrogen (secondary N) is 3. The average Bonchev–Trinajstić information content (AvgIpc) is 3.29. The minimum Gasteiger partial charge on any atom is -0.467 e. The minimum atomic E-state index is -4.01. The van der Waals surface area contributed by atoms with Crippen LogP contribution in [0.3, 0.4) is 0 Å². The summed E-state index contributed by atoms with van der Waals surface area (Å²) < 4.78 is 33.4. The first-order chi connectivity index (χ1) is 16.4. The van der Waals surface area contributed by atoms with E-state index in [2.05, 4.69) is 15.0 Å². The zero-order valence-electron chi connectivity index (χ0n) is 18.3. The smallest absolute Gasteiger partial charge is 0.328 e. The van der Waals surface area contributed by atoms with Gasteiger partial charge in [-0.05, 0) is 29.8 Å². The number of carbonyl (C=O) groups excluding carboxylic acids is 2. The van der Waals surface area contributed by atoms with E-state index in [-0.39, 0.29) is 22.7 Å². The van der Waals surface area contributed by atoms with Crippen LogP contribution in [0.2, 0.25) is 0 Å². The van der Waals surface area contributed by atoms with E-state index in [1.807, 2.05) is 36.4 Å². The van der Waals surface area contributed by atoms with Crippen molar-refractivity contribution >= 4 is 38.5 Å². The summed E-state index contributed by atoms with van der Waals surface area (Å²) in [5.74, 6) is -1.21. The quantitative estimate of drug-likeness (QED) is 0.336. The molecule has 0 saturated carbocycles. The molecule has 0 aliphatic rings. The monoisotopic (exact) mass is 477 g/mol. The number of hydrogen-bond acceptors (Lipinski definition) is 5. The number of anilines is 1.